The first-order valence-corrected chi connectivity index (χ1v) is 7.82. The predicted molar refractivity (Wildman–Crippen MR) is 78.3 cm³/mol. The molecule has 0 aliphatic carbocycles. The number of hydrogen-bond donors (Lipinski definition) is 1. The lowest BCUT2D eigenvalue weighted by molar-refractivity contribution is 0.402. The van der Waals surface area contributed by atoms with Crippen LogP contribution in [0.2, 0.25) is 5.02 Å². The van der Waals surface area contributed by atoms with E-state index in [1.807, 2.05) is 0 Å². The summed E-state index contributed by atoms with van der Waals surface area (Å²) in [5.41, 5.74) is 0.480. The van der Waals surface area contributed by atoms with Crippen LogP contribution in [0, 0.1) is 5.82 Å². The van der Waals surface area contributed by atoms with Crippen molar-refractivity contribution in [3.63, 3.8) is 0 Å². The highest BCUT2D eigenvalue weighted by Gasteiger charge is 2.21. The van der Waals surface area contributed by atoms with Crippen molar-refractivity contribution in [2.24, 2.45) is 0 Å². The minimum absolute atomic E-state index is 0.137. The van der Waals surface area contributed by atoms with Crippen molar-refractivity contribution in [2.45, 2.75) is 11.6 Å². The van der Waals surface area contributed by atoms with E-state index in [1.165, 1.54) is 32.3 Å². The Morgan fingerprint density at radius 1 is 1.29 bits per heavy atom. The third kappa shape index (κ3) is 3.75. The van der Waals surface area contributed by atoms with Gasteiger partial charge in [0, 0.05) is 24.8 Å². The van der Waals surface area contributed by atoms with Crippen molar-refractivity contribution in [1.82, 2.24) is 4.31 Å². The molecule has 2 rings (SSSR count). The smallest absolute Gasteiger partial charge is 0.275 e. The van der Waals surface area contributed by atoms with Gasteiger partial charge in [0.2, 0.25) is 5.09 Å². The van der Waals surface area contributed by atoms with E-state index < -0.39 is 15.8 Å². The molecule has 5 nitrogen and oxygen atoms in total. The second-order valence-corrected chi connectivity index (χ2v) is 7.04. The lowest BCUT2D eigenvalue weighted by atomic mass is 10.3. The lowest BCUT2D eigenvalue weighted by Gasteiger charge is -2.08. The molecule has 0 radical (unpaired) electrons. The number of furan rings is 1. The molecule has 114 valence electrons. The van der Waals surface area contributed by atoms with Gasteiger partial charge in [0.1, 0.15) is 11.6 Å². The topological polar surface area (TPSA) is 62.6 Å². The van der Waals surface area contributed by atoms with Crippen molar-refractivity contribution in [1.29, 1.82) is 0 Å². The molecular weight excluding hydrogens is 319 g/mol. The fraction of sp³-hybridized carbons (Fsp3) is 0.231. The van der Waals surface area contributed by atoms with E-state index in [4.69, 9.17) is 16.0 Å². The predicted octanol–water partition coefficient (Wildman–Crippen LogP) is 2.93. The summed E-state index contributed by atoms with van der Waals surface area (Å²) in [7, 11) is -0.752. The summed E-state index contributed by atoms with van der Waals surface area (Å²) in [6, 6.07) is 6.97. The molecular formula is C13H14ClFN2O3S. The van der Waals surface area contributed by atoms with Gasteiger partial charge in [-0.15, -0.1) is 0 Å². The maximum atomic E-state index is 13.2. The van der Waals surface area contributed by atoms with Crippen molar-refractivity contribution in [3.8, 4) is 0 Å². The molecule has 1 aromatic carbocycles. The Balaban J connectivity index is 2.10. The van der Waals surface area contributed by atoms with Gasteiger partial charge in [0.15, 0.2) is 0 Å². The van der Waals surface area contributed by atoms with Crippen LogP contribution in [0.5, 0.6) is 0 Å². The largest absolute Gasteiger partial charge is 0.446 e. The molecule has 0 aliphatic heterocycles. The van der Waals surface area contributed by atoms with E-state index in [9.17, 15) is 12.8 Å². The number of halogens is 2. The zero-order chi connectivity index (χ0) is 15.6. The Morgan fingerprint density at radius 3 is 2.62 bits per heavy atom. The summed E-state index contributed by atoms with van der Waals surface area (Å²) in [6.45, 7) is 0.211. The minimum Gasteiger partial charge on any atom is -0.446 e. The van der Waals surface area contributed by atoms with Crippen LogP contribution in [0.25, 0.3) is 0 Å². The van der Waals surface area contributed by atoms with E-state index in [-0.39, 0.29) is 16.7 Å². The number of sulfonamides is 1. The maximum absolute atomic E-state index is 13.2. The van der Waals surface area contributed by atoms with Gasteiger partial charge in [-0.3, -0.25) is 0 Å². The third-order valence-corrected chi connectivity index (χ3v) is 4.61. The number of anilines is 1. The van der Waals surface area contributed by atoms with Crippen molar-refractivity contribution in [2.75, 3.05) is 19.4 Å². The molecule has 0 spiro atoms. The van der Waals surface area contributed by atoms with Gasteiger partial charge < -0.3 is 9.73 Å². The quantitative estimate of drug-likeness (QED) is 0.914. The molecule has 1 heterocycles. The van der Waals surface area contributed by atoms with Gasteiger partial charge in [0.25, 0.3) is 10.0 Å². The summed E-state index contributed by atoms with van der Waals surface area (Å²) in [6.07, 6.45) is 0. The zero-order valence-corrected chi connectivity index (χ0v) is 13.0. The van der Waals surface area contributed by atoms with Crippen molar-refractivity contribution >= 4 is 27.3 Å². The fourth-order valence-corrected chi connectivity index (χ4v) is 2.65. The van der Waals surface area contributed by atoms with E-state index in [0.29, 0.717) is 11.4 Å². The van der Waals surface area contributed by atoms with Crippen molar-refractivity contribution in [3.05, 3.63) is 46.9 Å². The number of hydrogen-bond acceptors (Lipinski definition) is 4. The van der Waals surface area contributed by atoms with Crippen LogP contribution in [0.4, 0.5) is 10.1 Å². The molecule has 0 amide bonds. The van der Waals surface area contributed by atoms with Crippen LogP contribution >= 0.6 is 11.6 Å². The molecule has 1 aromatic heterocycles. The summed E-state index contributed by atoms with van der Waals surface area (Å²) in [5.74, 6) is -0.0453. The molecule has 0 fully saturated rings. The first-order chi connectivity index (χ1) is 9.79. The average Bonchev–Trinajstić information content (AvgIpc) is 2.84. The van der Waals surface area contributed by atoms with Crippen LogP contribution in [0.15, 0.2) is 39.8 Å². The lowest BCUT2D eigenvalue weighted by Crippen LogP contribution is -2.21. The number of benzene rings is 1. The van der Waals surface area contributed by atoms with Gasteiger partial charge in [-0.05, 0) is 30.3 Å². The van der Waals surface area contributed by atoms with E-state index >= 15 is 0 Å². The SMILES string of the molecule is CN(C)S(=O)(=O)c1ccc(CNc2cc(F)cc(Cl)c2)o1. The van der Waals surface area contributed by atoms with E-state index in [2.05, 4.69) is 5.32 Å². The second kappa shape index (κ2) is 6.05. The van der Waals surface area contributed by atoms with Crippen LogP contribution in [-0.2, 0) is 16.6 Å². The molecule has 0 atom stereocenters. The van der Waals surface area contributed by atoms with Gasteiger partial charge in [-0.2, -0.15) is 0 Å². The van der Waals surface area contributed by atoms with Gasteiger partial charge >= 0.3 is 0 Å². The Hall–Kier alpha value is -1.57. The van der Waals surface area contributed by atoms with Crippen LogP contribution in [0.3, 0.4) is 0 Å². The van der Waals surface area contributed by atoms with Gasteiger partial charge in [-0.1, -0.05) is 11.6 Å². The highest BCUT2D eigenvalue weighted by Crippen LogP contribution is 2.20. The summed E-state index contributed by atoms with van der Waals surface area (Å²) in [5, 5.41) is 3.04. The average molecular weight is 333 g/mol. The Labute approximate surface area is 127 Å². The normalized spacial score (nSPS) is 11.9. The van der Waals surface area contributed by atoms with Crippen LogP contribution in [0.1, 0.15) is 5.76 Å². The molecule has 1 N–H and O–H groups in total. The van der Waals surface area contributed by atoms with E-state index in [1.54, 1.807) is 12.1 Å². The standard InChI is InChI=1S/C13H14ClFN2O3S/c1-17(2)21(18,19)13-4-3-12(20-13)8-16-11-6-9(14)5-10(15)7-11/h3-7,16H,8H2,1-2H3. The van der Waals surface area contributed by atoms with Crippen LogP contribution < -0.4 is 5.32 Å². The Kier molecular flexibility index (Phi) is 4.55. The highest BCUT2D eigenvalue weighted by molar-refractivity contribution is 7.88. The first-order valence-electron chi connectivity index (χ1n) is 6.00. The highest BCUT2D eigenvalue weighted by atomic mass is 35.5. The Bertz CT molecular complexity index is 723. The van der Waals surface area contributed by atoms with Gasteiger partial charge in [-0.25, -0.2) is 17.1 Å². The molecule has 2 aromatic rings. The molecule has 0 saturated carbocycles. The van der Waals surface area contributed by atoms with Crippen molar-refractivity contribution < 1.29 is 17.2 Å². The number of nitrogens with one attached hydrogen (secondary N) is 1. The summed E-state index contributed by atoms with van der Waals surface area (Å²) >= 11 is 5.74. The molecule has 0 saturated heterocycles. The summed E-state index contributed by atoms with van der Waals surface area (Å²) in [4.78, 5) is 0. The molecule has 0 bridgehead atoms. The molecule has 8 heteroatoms. The molecule has 0 unspecified atom stereocenters. The maximum Gasteiger partial charge on any atom is 0.275 e. The van der Waals surface area contributed by atoms with Crippen LogP contribution in [-0.4, -0.2) is 26.8 Å². The monoisotopic (exact) mass is 332 g/mol. The third-order valence-electron chi connectivity index (χ3n) is 2.70. The number of nitrogens with zero attached hydrogens (tertiary/aromatic N) is 1. The second-order valence-electron chi connectivity index (χ2n) is 4.52. The van der Waals surface area contributed by atoms with E-state index in [0.717, 1.165) is 4.31 Å². The molecule has 21 heavy (non-hydrogen) atoms. The zero-order valence-electron chi connectivity index (χ0n) is 11.4. The minimum atomic E-state index is -3.59. The first kappa shape index (κ1) is 15.8. The Morgan fingerprint density at radius 2 is 2.00 bits per heavy atom. The van der Waals surface area contributed by atoms with Gasteiger partial charge in [0.05, 0.1) is 6.54 Å². The molecule has 0 aliphatic rings. The summed E-state index contributed by atoms with van der Waals surface area (Å²) < 4.78 is 43.2. The fourth-order valence-electron chi connectivity index (χ4n) is 1.62. The number of rotatable bonds is 5.